The first-order valence-corrected chi connectivity index (χ1v) is 10.3. The Bertz CT molecular complexity index is 944. The third-order valence-corrected chi connectivity index (χ3v) is 5.36. The summed E-state index contributed by atoms with van der Waals surface area (Å²) in [6.07, 6.45) is 0. The molecule has 0 aliphatic carbocycles. The highest BCUT2D eigenvalue weighted by Gasteiger charge is 2.25. The molecule has 1 saturated heterocycles. The van der Waals surface area contributed by atoms with E-state index in [9.17, 15) is 23.2 Å². The number of rotatable bonds is 6. The molecule has 8 nitrogen and oxygen atoms in total. The number of aryl methyl sites for hydroxylation is 1. The summed E-state index contributed by atoms with van der Waals surface area (Å²) in [5.74, 6) is -1.79. The highest BCUT2D eigenvalue weighted by Crippen LogP contribution is 2.14. The fourth-order valence-electron chi connectivity index (χ4n) is 2.90. The lowest BCUT2D eigenvalue weighted by molar-refractivity contribution is -0.129. The number of carbonyl (C=O) groups excluding carboxylic acids is 3. The molecule has 1 aliphatic heterocycles. The van der Waals surface area contributed by atoms with Gasteiger partial charge in [0.25, 0.3) is 5.91 Å². The minimum absolute atomic E-state index is 0.0672. The number of hydrogen-bond donors (Lipinski definition) is 1. The number of anilines is 1. The Labute approximate surface area is 175 Å². The third-order valence-electron chi connectivity index (χ3n) is 4.44. The van der Waals surface area contributed by atoms with Gasteiger partial charge in [0.05, 0.1) is 11.5 Å². The number of halogens is 2. The molecular formula is C19H20F2N4O4S. The van der Waals surface area contributed by atoms with Crippen LogP contribution in [0, 0.1) is 18.6 Å². The summed E-state index contributed by atoms with van der Waals surface area (Å²) in [5.41, 5.74) is 0.0672. The predicted molar refractivity (Wildman–Crippen MR) is 106 cm³/mol. The van der Waals surface area contributed by atoms with E-state index >= 15 is 0 Å². The van der Waals surface area contributed by atoms with Crippen molar-refractivity contribution in [3.8, 4) is 0 Å². The van der Waals surface area contributed by atoms with Gasteiger partial charge in [-0.15, -0.1) is 11.8 Å². The molecule has 2 heterocycles. The van der Waals surface area contributed by atoms with Gasteiger partial charge in [0.1, 0.15) is 5.76 Å². The molecule has 1 aliphatic rings. The molecule has 0 bridgehead atoms. The topological polar surface area (TPSA) is 95.8 Å². The molecule has 1 aromatic carbocycles. The predicted octanol–water partition coefficient (Wildman–Crippen LogP) is 1.92. The Morgan fingerprint density at radius 1 is 1.07 bits per heavy atom. The first kappa shape index (κ1) is 21.8. The van der Waals surface area contributed by atoms with Crippen LogP contribution in [-0.4, -0.2) is 70.4 Å². The number of aromatic nitrogens is 1. The second-order valence-corrected chi connectivity index (χ2v) is 7.65. The molecule has 0 unspecified atom stereocenters. The van der Waals surface area contributed by atoms with Crippen LogP contribution in [0.25, 0.3) is 0 Å². The molecule has 1 aromatic heterocycles. The summed E-state index contributed by atoms with van der Waals surface area (Å²) >= 11 is 1.18. The van der Waals surface area contributed by atoms with E-state index in [1.54, 1.807) is 17.9 Å². The van der Waals surface area contributed by atoms with Gasteiger partial charge in [-0.1, -0.05) is 5.16 Å². The van der Waals surface area contributed by atoms with Crippen LogP contribution in [0.15, 0.2) is 28.8 Å². The molecule has 1 fully saturated rings. The van der Waals surface area contributed by atoms with Crippen LogP contribution in [-0.2, 0) is 9.59 Å². The van der Waals surface area contributed by atoms with E-state index in [4.69, 9.17) is 4.52 Å². The van der Waals surface area contributed by atoms with Crippen LogP contribution < -0.4 is 5.32 Å². The molecule has 0 radical (unpaired) electrons. The van der Waals surface area contributed by atoms with Gasteiger partial charge in [0.15, 0.2) is 17.5 Å². The zero-order valence-electron chi connectivity index (χ0n) is 16.2. The quantitative estimate of drug-likeness (QED) is 0.740. The van der Waals surface area contributed by atoms with Crippen molar-refractivity contribution >= 4 is 35.3 Å². The number of piperazine rings is 1. The Morgan fingerprint density at radius 3 is 2.40 bits per heavy atom. The van der Waals surface area contributed by atoms with Crippen molar-refractivity contribution < 1.29 is 27.7 Å². The molecule has 30 heavy (non-hydrogen) atoms. The van der Waals surface area contributed by atoms with E-state index < -0.39 is 17.5 Å². The first-order chi connectivity index (χ1) is 14.3. The highest BCUT2D eigenvalue weighted by molar-refractivity contribution is 8.00. The molecule has 0 atom stereocenters. The van der Waals surface area contributed by atoms with Gasteiger partial charge in [0, 0.05) is 37.8 Å². The number of nitrogens with zero attached hydrogens (tertiary/aromatic N) is 3. The minimum Gasteiger partial charge on any atom is -0.360 e. The van der Waals surface area contributed by atoms with Crippen LogP contribution in [0.2, 0.25) is 0 Å². The Balaban J connectivity index is 1.39. The maximum Gasteiger partial charge on any atom is 0.254 e. The van der Waals surface area contributed by atoms with Gasteiger partial charge in [-0.3, -0.25) is 14.4 Å². The van der Waals surface area contributed by atoms with Crippen LogP contribution in [0.5, 0.6) is 0 Å². The molecular weight excluding hydrogens is 418 g/mol. The smallest absolute Gasteiger partial charge is 0.254 e. The second-order valence-electron chi connectivity index (χ2n) is 6.67. The molecule has 2 aromatic rings. The van der Waals surface area contributed by atoms with Crippen molar-refractivity contribution in [3.05, 3.63) is 47.2 Å². The van der Waals surface area contributed by atoms with Crippen molar-refractivity contribution in [3.63, 3.8) is 0 Å². The van der Waals surface area contributed by atoms with Crippen LogP contribution in [0.3, 0.4) is 0 Å². The molecule has 0 spiro atoms. The lowest BCUT2D eigenvalue weighted by atomic mass is 10.1. The van der Waals surface area contributed by atoms with Crippen molar-refractivity contribution in [2.24, 2.45) is 0 Å². The number of carbonyl (C=O) groups is 3. The first-order valence-electron chi connectivity index (χ1n) is 9.16. The lowest BCUT2D eigenvalue weighted by Gasteiger charge is -2.34. The van der Waals surface area contributed by atoms with E-state index in [1.807, 2.05) is 0 Å². The summed E-state index contributed by atoms with van der Waals surface area (Å²) in [7, 11) is 0. The molecule has 3 rings (SSSR count). The molecule has 160 valence electrons. The summed E-state index contributed by atoms with van der Waals surface area (Å²) in [6, 6.07) is 4.62. The second kappa shape index (κ2) is 9.70. The van der Waals surface area contributed by atoms with Gasteiger partial charge in [-0.25, -0.2) is 8.78 Å². The summed E-state index contributed by atoms with van der Waals surface area (Å²) < 4.78 is 31.2. The fraction of sp³-hybridized carbons (Fsp3) is 0.368. The number of nitrogens with one attached hydrogen (secondary N) is 1. The zero-order chi connectivity index (χ0) is 21.7. The maximum absolute atomic E-state index is 13.3. The van der Waals surface area contributed by atoms with Crippen molar-refractivity contribution in [2.45, 2.75) is 6.92 Å². The molecule has 0 saturated carbocycles. The van der Waals surface area contributed by atoms with Crippen LogP contribution in [0.1, 0.15) is 16.1 Å². The highest BCUT2D eigenvalue weighted by atomic mass is 32.2. The number of thioether (sulfide) groups is 1. The monoisotopic (exact) mass is 438 g/mol. The summed E-state index contributed by atoms with van der Waals surface area (Å²) in [4.78, 5) is 39.7. The van der Waals surface area contributed by atoms with E-state index in [-0.39, 0.29) is 28.9 Å². The maximum atomic E-state index is 13.3. The Kier molecular flexibility index (Phi) is 7.03. The van der Waals surface area contributed by atoms with Crippen LogP contribution in [0.4, 0.5) is 14.6 Å². The minimum atomic E-state index is -1.07. The Hall–Kier alpha value is -2.95. The van der Waals surface area contributed by atoms with E-state index in [2.05, 4.69) is 10.5 Å². The average molecular weight is 438 g/mol. The van der Waals surface area contributed by atoms with E-state index in [0.717, 1.165) is 12.1 Å². The molecule has 1 N–H and O–H groups in total. The fourth-order valence-corrected chi connectivity index (χ4v) is 3.61. The average Bonchev–Trinajstić information content (AvgIpc) is 3.14. The lowest BCUT2D eigenvalue weighted by Crippen LogP contribution is -2.51. The third kappa shape index (κ3) is 5.56. The normalized spacial score (nSPS) is 14.0. The largest absolute Gasteiger partial charge is 0.360 e. The SMILES string of the molecule is Cc1cc(NC(=O)CSCC(=O)N2CCN(C(=O)c3ccc(F)c(F)c3)CC2)no1. The summed E-state index contributed by atoms with van der Waals surface area (Å²) in [6.45, 7) is 2.96. The zero-order valence-corrected chi connectivity index (χ0v) is 17.0. The van der Waals surface area contributed by atoms with Crippen LogP contribution >= 0.6 is 11.8 Å². The summed E-state index contributed by atoms with van der Waals surface area (Å²) in [5, 5.41) is 6.24. The van der Waals surface area contributed by atoms with Crippen molar-refractivity contribution in [1.82, 2.24) is 15.0 Å². The van der Waals surface area contributed by atoms with Gasteiger partial charge in [-0.05, 0) is 25.1 Å². The standard InChI is InChI=1S/C19H20F2N4O4S/c1-12-8-16(23-29-12)22-17(26)10-30-11-18(27)24-4-6-25(7-5-24)19(28)13-2-3-14(20)15(21)9-13/h2-3,8-9H,4-7,10-11H2,1H3,(H,22,23,26). The van der Waals surface area contributed by atoms with Gasteiger partial charge < -0.3 is 19.6 Å². The van der Waals surface area contributed by atoms with E-state index in [1.165, 1.54) is 22.7 Å². The molecule has 11 heteroatoms. The molecule has 3 amide bonds. The number of amides is 3. The van der Waals surface area contributed by atoms with Gasteiger partial charge in [-0.2, -0.15) is 0 Å². The van der Waals surface area contributed by atoms with Crippen molar-refractivity contribution in [2.75, 3.05) is 43.0 Å². The number of hydrogen-bond acceptors (Lipinski definition) is 6. The van der Waals surface area contributed by atoms with Crippen molar-refractivity contribution in [1.29, 1.82) is 0 Å². The van der Waals surface area contributed by atoms with Gasteiger partial charge >= 0.3 is 0 Å². The van der Waals surface area contributed by atoms with Gasteiger partial charge in [0.2, 0.25) is 11.8 Å². The van der Waals surface area contributed by atoms with E-state index in [0.29, 0.717) is 37.8 Å². The number of benzene rings is 1. The Morgan fingerprint density at radius 2 is 1.77 bits per heavy atom.